The first-order valence-electron chi connectivity index (χ1n) is 10.0. The number of piperidine rings is 1. The molecule has 0 saturated carbocycles. The lowest BCUT2D eigenvalue weighted by molar-refractivity contribution is -0.117. The van der Waals surface area contributed by atoms with Gasteiger partial charge in [0.05, 0.1) is 10.1 Å². The molecular formula is C20H30N2O3S2. The lowest BCUT2D eigenvalue weighted by Crippen LogP contribution is -2.36. The van der Waals surface area contributed by atoms with Gasteiger partial charge in [-0.3, -0.25) is 4.79 Å². The molecule has 5 nitrogen and oxygen atoms in total. The van der Waals surface area contributed by atoms with Crippen molar-refractivity contribution in [1.29, 1.82) is 0 Å². The van der Waals surface area contributed by atoms with Gasteiger partial charge >= 0.3 is 0 Å². The number of sulfonamides is 1. The third kappa shape index (κ3) is 4.51. The molecule has 3 rings (SSSR count). The summed E-state index contributed by atoms with van der Waals surface area (Å²) in [6.07, 6.45) is 5.93. The first kappa shape index (κ1) is 20.7. The smallest absolute Gasteiger partial charge is 0.243 e. The summed E-state index contributed by atoms with van der Waals surface area (Å²) in [5.74, 6) is 1.12. The van der Waals surface area contributed by atoms with Crippen molar-refractivity contribution in [2.45, 2.75) is 62.5 Å². The molecule has 1 fully saturated rings. The molecule has 0 aliphatic carbocycles. The number of carbonyl (C=O) groups excluding carboxylic acids is 1. The highest BCUT2D eigenvalue weighted by molar-refractivity contribution is 8.00. The van der Waals surface area contributed by atoms with E-state index in [1.54, 1.807) is 28.2 Å². The van der Waals surface area contributed by atoms with E-state index in [1.165, 1.54) is 0 Å². The van der Waals surface area contributed by atoms with Gasteiger partial charge in [-0.25, -0.2) is 8.42 Å². The van der Waals surface area contributed by atoms with Crippen molar-refractivity contribution >= 4 is 33.4 Å². The van der Waals surface area contributed by atoms with Gasteiger partial charge in [-0.15, -0.1) is 11.8 Å². The van der Waals surface area contributed by atoms with Crippen LogP contribution in [0.25, 0.3) is 0 Å². The third-order valence-electron chi connectivity index (χ3n) is 5.38. The summed E-state index contributed by atoms with van der Waals surface area (Å²) < 4.78 is 27.4. The number of anilines is 1. The molecule has 0 bridgehead atoms. The second kappa shape index (κ2) is 8.97. The molecule has 0 N–H and O–H groups in total. The first-order valence-corrected chi connectivity index (χ1v) is 12.5. The maximum atomic E-state index is 12.9. The Balaban J connectivity index is 1.74. The molecule has 1 unspecified atom stereocenters. The monoisotopic (exact) mass is 410 g/mol. The van der Waals surface area contributed by atoms with Gasteiger partial charge in [-0.2, -0.15) is 4.31 Å². The number of unbranched alkanes of at least 4 members (excludes halogenated alkanes) is 1. The van der Waals surface area contributed by atoms with Gasteiger partial charge < -0.3 is 4.90 Å². The summed E-state index contributed by atoms with van der Waals surface area (Å²) in [6, 6.07) is 5.27. The van der Waals surface area contributed by atoms with Crippen molar-refractivity contribution in [3.8, 4) is 0 Å². The van der Waals surface area contributed by atoms with Crippen LogP contribution >= 0.6 is 11.8 Å². The number of nitrogens with zero attached hydrogens (tertiary/aromatic N) is 2. The van der Waals surface area contributed by atoms with E-state index in [1.807, 2.05) is 17.9 Å². The molecule has 1 atom stereocenters. The van der Waals surface area contributed by atoms with Crippen molar-refractivity contribution in [2.75, 3.05) is 30.3 Å². The molecule has 2 heterocycles. The minimum Gasteiger partial charge on any atom is -0.311 e. The van der Waals surface area contributed by atoms with Crippen molar-refractivity contribution < 1.29 is 13.2 Å². The molecular weight excluding hydrogens is 380 g/mol. The predicted octanol–water partition coefficient (Wildman–Crippen LogP) is 3.67. The molecule has 0 aromatic heterocycles. The third-order valence-corrected chi connectivity index (χ3v) is 8.50. The number of thioether (sulfide) groups is 1. The van der Waals surface area contributed by atoms with Gasteiger partial charge in [0.25, 0.3) is 0 Å². The van der Waals surface area contributed by atoms with Crippen LogP contribution in [0.3, 0.4) is 0 Å². The maximum absolute atomic E-state index is 12.9. The standard InChI is InChI=1S/C20H30N2O3S2/c1-3-4-14-26-16(2)20(23)22-13-10-17-15-18(8-9-19(17)22)27(24,25)21-11-6-5-7-12-21/h8-9,15-16H,3-7,10-14H2,1-2H3. The lowest BCUT2D eigenvalue weighted by atomic mass is 10.2. The highest BCUT2D eigenvalue weighted by Crippen LogP contribution is 2.33. The summed E-state index contributed by atoms with van der Waals surface area (Å²) >= 11 is 1.70. The Hall–Kier alpha value is -1.05. The Labute approximate surface area is 167 Å². The molecule has 2 aliphatic heterocycles. The van der Waals surface area contributed by atoms with Crippen LogP contribution in [-0.2, 0) is 21.2 Å². The average molecular weight is 411 g/mol. The van der Waals surface area contributed by atoms with Gasteiger partial charge in [0.15, 0.2) is 0 Å². The topological polar surface area (TPSA) is 57.7 Å². The fourth-order valence-corrected chi connectivity index (χ4v) is 6.36. The predicted molar refractivity (Wildman–Crippen MR) is 112 cm³/mol. The molecule has 1 saturated heterocycles. The Kier molecular flexibility index (Phi) is 6.87. The highest BCUT2D eigenvalue weighted by atomic mass is 32.2. The fourth-order valence-electron chi connectivity index (χ4n) is 3.72. The fraction of sp³-hybridized carbons (Fsp3) is 0.650. The zero-order chi connectivity index (χ0) is 19.4. The van der Waals surface area contributed by atoms with Gasteiger partial charge in [-0.1, -0.05) is 19.8 Å². The summed E-state index contributed by atoms with van der Waals surface area (Å²) in [4.78, 5) is 15.0. The highest BCUT2D eigenvalue weighted by Gasteiger charge is 2.31. The Morgan fingerprint density at radius 2 is 1.93 bits per heavy atom. The quantitative estimate of drug-likeness (QED) is 0.644. The summed E-state index contributed by atoms with van der Waals surface area (Å²) in [5, 5.41) is -0.0701. The van der Waals surface area contributed by atoms with E-state index in [0.29, 0.717) is 24.5 Å². The number of benzene rings is 1. The summed E-state index contributed by atoms with van der Waals surface area (Å²) in [5.41, 5.74) is 1.84. The van der Waals surface area contributed by atoms with Crippen LogP contribution in [0, 0.1) is 0 Å². The van der Waals surface area contributed by atoms with E-state index in [4.69, 9.17) is 0 Å². The van der Waals surface area contributed by atoms with Gasteiger partial charge in [0.1, 0.15) is 0 Å². The zero-order valence-corrected chi connectivity index (χ0v) is 17.9. The van der Waals surface area contributed by atoms with E-state index < -0.39 is 10.0 Å². The van der Waals surface area contributed by atoms with Gasteiger partial charge in [0.2, 0.25) is 15.9 Å². The van der Waals surface area contributed by atoms with Crippen LogP contribution in [-0.4, -0.2) is 49.3 Å². The van der Waals surface area contributed by atoms with E-state index in [9.17, 15) is 13.2 Å². The van der Waals surface area contributed by atoms with Crippen molar-refractivity contribution in [3.05, 3.63) is 23.8 Å². The number of carbonyl (C=O) groups is 1. The van der Waals surface area contributed by atoms with Crippen molar-refractivity contribution in [3.63, 3.8) is 0 Å². The molecule has 1 aromatic rings. The van der Waals surface area contributed by atoms with Crippen LogP contribution in [0.4, 0.5) is 5.69 Å². The van der Waals surface area contributed by atoms with E-state index in [-0.39, 0.29) is 11.2 Å². The Bertz CT molecular complexity index is 773. The zero-order valence-electron chi connectivity index (χ0n) is 16.3. The molecule has 0 radical (unpaired) electrons. The Morgan fingerprint density at radius 1 is 1.19 bits per heavy atom. The molecule has 0 spiro atoms. The maximum Gasteiger partial charge on any atom is 0.243 e. The molecule has 1 aromatic carbocycles. The number of hydrogen-bond acceptors (Lipinski definition) is 4. The second-order valence-corrected chi connectivity index (χ2v) is 10.7. The summed E-state index contributed by atoms with van der Waals surface area (Å²) in [7, 11) is -3.43. The van der Waals surface area contributed by atoms with Crippen molar-refractivity contribution in [1.82, 2.24) is 4.31 Å². The van der Waals surface area contributed by atoms with Crippen LogP contribution in [0.5, 0.6) is 0 Å². The van der Waals surface area contributed by atoms with Crippen LogP contribution in [0.15, 0.2) is 23.1 Å². The molecule has 7 heteroatoms. The molecule has 27 heavy (non-hydrogen) atoms. The van der Waals surface area contributed by atoms with E-state index in [2.05, 4.69) is 6.92 Å². The van der Waals surface area contributed by atoms with Crippen LogP contribution in [0.1, 0.15) is 51.5 Å². The molecule has 150 valence electrons. The number of amides is 1. The second-order valence-electron chi connectivity index (χ2n) is 7.36. The van der Waals surface area contributed by atoms with Gasteiger partial charge in [-0.05, 0) is 62.1 Å². The minimum absolute atomic E-state index is 0.0701. The lowest BCUT2D eigenvalue weighted by Gasteiger charge is -2.26. The summed E-state index contributed by atoms with van der Waals surface area (Å²) in [6.45, 7) is 5.97. The van der Waals surface area contributed by atoms with E-state index in [0.717, 1.165) is 55.5 Å². The Morgan fingerprint density at radius 3 is 2.63 bits per heavy atom. The number of fused-ring (bicyclic) bond motifs is 1. The van der Waals surface area contributed by atoms with Crippen molar-refractivity contribution in [2.24, 2.45) is 0 Å². The minimum atomic E-state index is -3.43. The van der Waals surface area contributed by atoms with Crippen LogP contribution < -0.4 is 4.90 Å². The largest absolute Gasteiger partial charge is 0.311 e. The molecule has 1 amide bonds. The normalized spacial score (nSPS) is 19.1. The number of rotatable bonds is 7. The van der Waals surface area contributed by atoms with E-state index >= 15 is 0 Å². The first-order chi connectivity index (χ1) is 12.9. The van der Waals surface area contributed by atoms with Gasteiger partial charge in [0, 0.05) is 25.3 Å². The molecule has 2 aliphatic rings. The number of hydrogen-bond donors (Lipinski definition) is 0. The SMILES string of the molecule is CCCCSC(C)C(=O)N1CCc2cc(S(=O)(=O)N3CCCCC3)ccc21. The average Bonchev–Trinajstić information content (AvgIpc) is 3.11. The van der Waals surface area contributed by atoms with Crippen LogP contribution in [0.2, 0.25) is 0 Å².